The van der Waals surface area contributed by atoms with Crippen molar-refractivity contribution in [2.24, 2.45) is 5.92 Å². The molecule has 0 saturated heterocycles. The van der Waals surface area contributed by atoms with Gasteiger partial charge < -0.3 is 4.43 Å². The second kappa shape index (κ2) is 5.78. The molecule has 0 aliphatic rings. The average Bonchev–Trinajstić information content (AvgIpc) is 2.09. The first kappa shape index (κ1) is 15.6. The minimum absolute atomic E-state index is 0.0216. The summed E-state index contributed by atoms with van der Waals surface area (Å²) >= 11 is 0. The molecule has 0 saturated carbocycles. The minimum atomic E-state index is -1.73. The Bertz CT molecular complexity index is 251. The van der Waals surface area contributed by atoms with E-state index in [1.165, 1.54) is 0 Å². The van der Waals surface area contributed by atoms with Gasteiger partial charge in [0, 0.05) is 12.5 Å². The Balaban J connectivity index is 4.41. The molecule has 0 aliphatic heterocycles. The van der Waals surface area contributed by atoms with Gasteiger partial charge in [-0.05, 0) is 31.5 Å². The van der Waals surface area contributed by atoms with Gasteiger partial charge in [0.2, 0.25) is 0 Å². The molecule has 0 unspecified atom stereocenters. The molecular weight excluding hydrogens is 216 g/mol. The van der Waals surface area contributed by atoms with Crippen LogP contribution in [-0.4, -0.2) is 20.7 Å². The molecule has 0 rings (SSSR count). The van der Waals surface area contributed by atoms with Crippen LogP contribution >= 0.6 is 0 Å². The lowest BCUT2D eigenvalue weighted by molar-refractivity contribution is -0.121. The fourth-order valence-electron chi connectivity index (χ4n) is 1.08. The third-order valence-electron chi connectivity index (χ3n) is 3.48. The van der Waals surface area contributed by atoms with Crippen LogP contribution in [0.25, 0.3) is 0 Å². The largest absolute Gasteiger partial charge is 0.416 e. The predicted molar refractivity (Wildman–Crippen MR) is 72.1 cm³/mol. The van der Waals surface area contributed by atoms with Crippen LogP contribution in [0.3, 0.4) is 0 Å². The van der Waals surface area contributed by atoms with Crippen LogP contribution < -0.4 is 0 Å². The van der Waals surface area contributed by atoms with Gasteiger partial charge in [0.05, 0.1) is 0 Å². The van der Waals surface area contributed by atoms with E-state index >= 15 is 0 Å². The quantitative estimate of drug-likeness (QED) is 0.523. The van der Waals surface area contributed by atoms with E-state index in [0.29, 0.717) is 13.0 Å². The maximum Gasteiger partial charge on any atom is 0.192 e. The van der Waals surface area contributed by atoms with Crippen LogP contribution in [0.1, 0.15) is 34.1 Å². The highest BCUT2D eigenvalue weighted by molar-refractivity contribution is 6.74. The maximum atomic E-state index is 11.4. The summed E-state index contributed by atoms with van der Waals surface area (Å²) in [7, 11) is -1.73. The van der Waals surface area contributed by atoms with Crippen molar-refractivity contribution < 1.29 is 9.22 Å². The summed E-state index contributed by atoms with van der Waals surface area (Å²) in [5.41, 5.74) is 0. The number of allylic oxidation sites excluding steroid dienone is 1. The zero-order valence-electron chi connectivity index (χ0n) is 11.6. The Hall–Kier alpha value is -0.413. The molecular formula is C13H26O2Si. The van der Waals surface area contributed by atoms with Crippen LogP contribution in [-0.2, 0) is 9.22 Å². The molecule has 0 heterocycles. The van der Waals surface area contributed by atoms with Gasteiger partial charge in [-0.2, -0.15) is 0 Å². The summed E-state index contributed by atoms with van der Waals surface area (Å²) in [6, 6.07) is 0. The molecule has 1 atom stereocenters. The Morgan fingerprint density at radius 3 is 2.25 bits per heavy atom. The maximum absolute atomic E-state index is 11.4. The first-order chi connectivity index (χ1) is 7.12. The molecule has 0 bridgehead atoms. The number of ketones is 1. The lowest BCUT2D eigenvalue weighted by Crippen LogP contribution is -2.42. The highest BCUT2D eigenvalue weighted by atomic mass is 28.4. The molecule has 0 fully saturated rings. The molecule has 0 spiro atoms. The summed E-state index contributed by atoms with van der Waals surface area (Å²) in [6.07, 6.45) is 2.50. The van der Waals surface area contributed by atoms with E-state index < -0.39 is 8.32 Å². The van der Waals surface area contributed by atoms with E-state index in [-0.39, 0.29) is 16.7 Å². The molecule has 2 nitrogen and oxygen atoms in total. The highest BCUT2D eigenvalue weighted by Gasteiger charge is 2.37. The van der Waals surface area contributed by atoms with Crippen molar-refractivity contribution in [2.75, 3.05) is 6.61 Å². The number of Topliss-reactive ketones (excluding diaryl/α,β-unsaturated/α-hetero) is 1. The minimum Gasteiger partial charge on any atom is -0.416 e. The molecule has 0 aromatic heterocycles. The van der Waals surface area contributed by atoms with Crippen LogP contribution in [0, 0.1) is 5.92 Å². The van der Waals surface area contributed by atoms with Crippen LogP contribution in [0.5, 0.6) is 0 Å². The fraction of sp³-hybridized carbons (Fsp3) is 0.769. The van der Waals surface area contributed by atoms with Gasteiger partial charge in [0.15, 0.2) is 8.32 Å². The van der Waals surface area contributed by atoms with E-state index in [4.69, 9.17) is 4.43 Å². The van der Waals surface area contributed by atoms with Crippen molar-refractivity contribution >= 4 is 14.1 Å². The standard InChI is InChI=1S/C13H26O2Si/c1-8-9-12(11(2)14)10-15-16(6,7)13(3,4)5/h8,12H,1,9-10H2,2-7H3/t12-/m0/s1. The Kier molecular flexibility index (Phi) is 5.63. The number of carbonyl (C=O) groups is 1. The Morgan fingerprint density at radius 1 is 1.44 bits per heavy atom. The summed E-state index contributed by atoms with van der Waals surface area (Å²) in [5.74, 6) is 0.172. The van der Waals surface area contributed by atoms with Crippen molar-refractivity contribution in [3.8, 4) is 0 Å². The van der Waals surface area contributed by atoms with Crippen molar-refractivity contribution in [3.05, 3.63) is 12.7 Å². The average molecular weight is 242 g/mol. The number of hydrogen-bond acceptors (Lipinski definition) is 2. The van der Waals surface area contributed by atoms with Crippen molar-refractivity contribution in [1.82, 2.24) is 0 Å². The van der Waals surface area contributed by atoms with Crippen molar-refractivity contribution in [1.29, 1.82) is 0 Å². The summed E-state index contributed by atoms with van der Waals surface area (Å²) in [6.45, 7) is 16.9. The Morgan fingerprint density at radius 2 is 1.94 bits per heavy atom. The molecule has 94 valence electrons. The number of hydrogen-bond donors (Lipinski definition) is 0. The van der Waals surface area contributed by atoms with Gasteiger partial charge in [-0.1, -0.05) is 26.8 Å². The molecule has 0 aromatic rings. The molecule has 0 radical (unpaired) electrons. The monoisotopic (exact) mass is 242 g/mol. The van der Waals surface area contributed by atoms with Crippen molar-refractivity contribution in [3.63, 3.8) is 0 Å². The molecule has 0 aromatic carbocycles. The lowest BCUT2D eigenvalue weighted by Gasteiger charge is -2.37. The third kappa shape index (κ3) is 4.62. The van der Waals surface area contributed by atoms with Gasteiger partial charge in [-0.25, -0.2) is 0 Å². The van der Waals surface area contributed by atoms with Gasteiger partial charge in [-0.15, -0.1) is 6.58 Å². The second-order valence-electron chi connectivity index (χ2n) is 5.90. The van der Waals surface area contributed by atoms with Crippen LogP contribution in [0.15, 0.2) is 12.7 Å². The van der Waals surface area contributed by atoms with E-state index in [9.17, 15) is 4.79 Å². The Labute approximate surface area is 101 Å². The van der Waals surface area contributed by atoms with Crippen molar-refractivity contribution in [2.45, 2.75) is 52.2 Å². The summed E-state index contributed by atoms with van der Waals surface area (Å²) in [4.78, 5) is 11.4. The van der Waals surface area contributed by atoms with Gasteiger partial charge in [-0.3, -0.25) is 4.79 Å². The molecule has 3 heteroatoms. The SMILES string of the molecule is C=CC[C@@H](CO[Si](C)(C)C(C)(C)C)C(C)=O. The lowest BCUT2D eigenvalue weighted by atomic mass is 10.0. The second-order valence-corrected chi connectivity index (χ2v) is 10.7. The normalized spacial score (nSPS) is 14.6. The predicted octanol–water partition coefficient (Wildman–Crippen LogP) is 3.79. The first-order valence-corrected chi connectivity index (χ1v) is 8.78. The topological polar surface area (TPSA) is 26.3 Å². The van der Waals surface area contributed by atoms with Crippen LogP contribution in [0.4, 0.5) is 0 Å². The first-order valence-electron chi connectivity index (χ1n) is 5.87. The molecule has 0 aliphatic carbocycles. The van der Waals surface area contributed by atoms with E-state index in [2.05, 4.69) is 40.4 Å². The van der Waals surface area contributed by atoms with E-state index in [1.807, 2.05) is 0 Å². The summed E-state index contributed by atoms with van der Waals surface area (Å²) in [5, 5.41) is 0.197. The number of carbonyl (C=O) groups excluding carboxylic acids is 1. The van der Waals surface area contributed by atoms with E-state index in [1.54, 1.807) is 13.0 Å². The molecule has 0 amide bonds. The van der Waals surface area contributed by atoms with Gasteiger partial charge in [0.25, 0.3) is 0 Å². The zero-order chi connectivity index (χ0) is 13.0. The smallest absolute Gasteiger partial charge is 0.192 e. The van der Waals surface area contributed by atoms with E-state index in [0.717, 1.165) is 0 Å². The van der Waals surface area contributed by atoms with Gasteiger partial charge >= 0.3 is 0 Å². The van der Waals surface area contributed by atoms with Gasteiger partial charge in [0.1, 0.15) is 5.78 Å². The van der Waals surface area contributed by atoms with Crippen LogP contribution in [0.2, 0.25) is 18.1 Å². The fourth-order valence-corrected chi connectivity index (χ4v) is 2.13. The third-order valence-corrected chi connectivity index (χ3v) is 7.98. The zero-order valence-corrected chi connectivity index (χ0v) is 12.6. The molecule has 0 N–H and O–H groups in total. The number of rotatable bonds is 6. The summed E-state index contributed by atoms with van der Waals surface area (Å²) < 4.78 is 6.04. The molecule has 16 heavy (non-hydrogen) atoms. The highest BCUT2D eigenvalue weighted by Crippen LogP contribution is 2.36.